The Bertz CT molecular complexity index is 1510. The van der Waals surface area contributed by atoms with Gasteiger partial charge in [0.05, 0.1) is 18.2 Å². The number of benzene rings is 3. The molecule has 0 unspecified atom stereocenters. The number of Topliss-reactive ketones (excluding diaryl/α,β-unsaturated/α-hetero) is 1. The van der Waals surface area contributed by atoms with Crippen LogP contribution in [0, 0.1) is 13.8 Å². The second-order valence-electron chi connectivity index (χ2n) is 8.56. The Morgan fingerprint density at radius 3 is 2.51 bits per heavy atom. The molecule has 0 fully saturated rings. The third kappa shape index (κ3) is 4.08. The highest BCUT2D eigenvalue weighted by Crippen LogP contribution is 2.38. The summed E-state index contributed by atoms with van der Waals surface area (Å²) < 4.78 is 19.0. The van der Waals surface area contributed by atoms with E-state index >= 15 is 0 Å². The Hall–Kier alpha value is -4.32. The van der Waals surface area contributed by atoms with E-state index in [2.05, 4.69) is 11.5 Å². The van der Waals surface area contributed by atoms with Gasteiger partial charge in [-0.3, -0.25) is 4.79 Å². The van der Waals surface area contributed by atoms with Gasteiger partial charge in [0.15, 0.2) is 5.76 Å². The number of nitrogens with zero attached hydrogens (tertiary/aromatic N) is 1. The predicted octanol–water partition coefficient (Wildman–Crippen LogP) is 6.12. The average Bonchev–Trinajstić information content (AvgIpc) is 3.36. The fraction of sp³-hybridized carbons (Fsp3) is 0.172. The topological polar surface area (TPSA) is 66.8 Å². The number of ketones is 1. The van der Waals surface area contributed by atoms with Crippen molar-refractivity contribution in [2.45, 2.75) is 27.3 Å². The third-order valence-corrected chi connectivity index (χ3v) is 6.19. The van der Waals surface area contributed by atoms with Crippen molar-refractivity contribution in [2.24, 2.45) is 0 Å². The van der Waals surface area contributed by atoms with Crippen LogP contribution in [0.15, 0.2) is 66.6 Å². The molecule has 0 saturated heterocycles. The van der Waals surface area contributed by atoms with Gasteiger partial charge < -0.3 is 18.8 Å². The number of methoxy groups -OCH3 is 1. The maximum absolute atomic E-state index is 13.2. The van der Waals surface area contributed by atoms with E-state index in [-0.39, 0.29) is 11.5 Å². The molecule has 6 heteroatoms. The normalized spacial score (nSPS) is 13.7. The third-order valence-electron chi connectivity index (χ3n) is 6.19. The van der Waals surface area contributed by atoms with E-state index in [1.54, 1.807) is 44.4 Å². The van der Waals surface area contributed by atoms with Gasteiger partial charge in [0, 0.05) is 35.3 Å². The van der Waals surface area contributed by atoms with Gasteiger partial charge in [-0.1, -0.05) is 17.7 Å². The number of esters is 1. The van der Waals surface area contributed by atoms with Crippen LogP contribution in [0.25, 0.3) is 17.0 Å². The number of fused-ring (bicyclic) bond motifs is 2. The van der Waals surface area contributed by atoms with Gasteiger partial charge in [0.1, 0.15) is 17.2 Å². The summed E-state index contributed by atoms with van der Waals surface area (Å²) in [6, 6.07) is 16.3. The molecular weight excluding hydrogens is 442 g/mol. The quantitative estimate of drug-likeness (QED) is 0.201. The highest BCUT2D eigenvalue weighted by molar-refractivity contribution is 6.16. The van der Waals surface area contributed by atoms with Gasteiger partial charge in [-0.15, -0.1) is 0 Å². The van der Waals surface area contributed by atoms with Crippen LogP contribution in [-0.2, 0) is 6.54 Å². The van der Waals surface area contributed by atoms with Crippen LogP contribution < -0.4 is 14.2 Å². The number of rotatable bonds is 5. The summed E-state index contributed by atoms with van der Waals surface area (Å²) in [4.78, 5) is 25.8. The summed E-state index contributed by atoms with van der Waals surface area (Å²) in [6.45, 7) is 6.61. The van der Waals surface area contributed by atoms with E-state index in [0.717, 1.165) is 34.3 Å². The first kappa shape index (κ1) is 22.5. The Morgan fingerprint density at radius 1 is 1.03 bits per heavy atom. The highest BCUT2D eigenvalue weighted by atomic mass is 16.5. The molecular formula is C29H25NO5. The second-order valence-corrected chi connectivity index (χ2v) is 8.56. The predicted molar refractivity (Wildman–Crippen MR) is 134 cm³/mol. The second kappa shape index (κ2) is 8.80. The van der Waals surface area contributed by atoms with Crippen LogP contribution >= 0.6 is 0 Å². The SMILES string of the molecule is CCn1cc(/C=C2\Oc3cc(OC(=O)c4ccc(C)cc4)cc(C)c3C2=O)c2cc(OC)ccc21. The summed E-state index contributed by atoms with van der Waals surface area (Å²) in [5.74, 6) is 1.00. The van der Waals surface area contributed by atoms with E-state index in [0.29, 0.717) is 28.2 Å². The molecule has 0 atom stereocenters. The van der Waals surface area contributed by atoms with Crippen LogP contribution in [0.5, 0.6) is 17.2 Å². The van der Waals surface area contributed by atoms with Crippen molar-refractivity contribution in [3.05, 3.63) is 94.4 Å². The minimum atomic E-state index is -0.467. The van der Waals surface area contributed by atoms with Crippen molar-refractivity contribution in [3.8, 4) is 17.2 Å². The molecule has 1 aliphatic heterocycles. The summed E-state index contributed by atoms with van der Waals surface area (Å²) in [7, 11) is 1.63. The number of hydrogen-bond acceptors (Lipinski definition) is 5. The minimum Gasteiger partial charge on any atom is -0.497 e. The van der Waals surface area contributed by atoms with Gasteiger partial charge in [-0.25, -0.2) is 4.79 Å². The molecule has 0 N–H and O–H groups in total. The lowest BCUT2D eigenvalue weighted by molar-refractivity contribution is 0.0734. The fourth-order valence-corrected chi connectivity index (χ4v) is 4.34. The van der Waals surface area contributed by atoms with Gasteiger partial charge in [-0.2, -0.15) is 0 Å². The molecule has 0 bridgehead atoms. The molecule has 6 nitrogen and oxygen atoms in total. The lowest BCUT2D eigenvalue weighted by Gasteiger charge is -2.08. The van der Waals surface area contributed by atoms with Crippen molar-refractivity contribution in [1.82, 2.24) is 4.57 Å². The Balaban J connectivity index is 1.47. The monoisotopic (exact) mass is 467 g/mol. The lowest BCUT2D eigenvalue weighted by Crippen LogP contribution is -2.08. The maximum atomic E-state index is 13.2. The average molecular weight is 468 g/mol. The number of carbonyl (C=O) groups excluding carboxylic acids is 2. The molecule has 176 valence electrons. The molecule has 1 aliphatic rings. The molecule has 3 aromatic carbocycles. The van der Waals surface area contributed by atoms with Crippen LogP contribution in [0.1, 0.15) is 44.3 Å². The van der Waals surface area contributed by atoms with Crippen molar-refractivity contribution < 1.29 is 23.8 Å². The van der Waals surface area contributed by atoms with E-state index in [1.165, 1.54) is 0 Å². The van der Waals surface area contributed by atoms with E-state index in [4.69, 9.17) is 14.2 Å². The zero-order valence-electron chi connectivity index (χ0n) is 20.0. The molecule has 0 aliphatic carbocycles. The first-order valence-electron chi connectivity index (χ1n) is 11.4. The highest BCUT2D eigenvalue weighted by Gasteiger charge is 2.30. The van der Waals surface area contributed by atoms with Gasteiger partial charge >= 0.3 is 5.97 Å². The molecule has 0 amide bonds. The summed E-state index contributed by atoms with van der Waals surface area (Å²) in [5.41, 5.74) is 4.57. The number of carbonyl (C=O) groups is 2. The largest absolute Gasteiger partial charge is 0.497 e. The van der Waals surface area contributed by atoms with Crippen LogP contribution in [-0.4, -0.2) is 23.4 Å². The fourth-order valence-electron chi connectivity index (χ4n) is 4.34. The van der Waals surface area contributed by atoms with Gasteiger partial charge in [0.2, 0.25) is 5.78 Å². The van der Waals surface area contributed by atoms with Crippen LogP contribution in [0.2, 0.25) is 0 Å². The number of ether oxygens (including phenoxy) is 3. The van der Waals surface area contributed by atoms with Gasteiger partial charge in [0.25, 0.3) is 0 Å². The maximum Gasteiger partial charge on any atom is 0.343 e. The van der Waals surface area contributed by atoms with Crippen LogP contribution in [0.4, 0.5) is 0 Å². The molecule has 35 heavy (non-hydrogen) atoms. The van der Waals surface area contributed by atoms with Crippen molar-refractivity contribution in [1.29, 1.82) is 0 Å². The molecule has 0 spiro atoms. The number of hydrogen-bond donors (Lipinski definition) is 0. The first-order chi connectivity index (χ1) is 16.9. The van der Waals surface area contributed by atoms with Crippen molar-refractivity contribution in [3.63, 3.8) is 0 Å². The molecule has 0 saturated carbocycles. The van der Waals surface area contributed by atoms with E-state index < -0.39 is 5.97 Å². The minimum absolute atomic E-state index is 0.200. The van der Waals surface area contributed by atoms with Gasteiger partial charge in [-0.05, 0) is 68.8 Å². The Kier molecular flexibility index (Phi) is 5.65. The zero-order chi connectivity index (χ0) is 24.7. The van der Waals surface area contributed by atoms with Crippen molar-refractivity contribution in [2.75, 3.05) is 7.11 Å². The van der Waals surface area contributed by atoms with E-state index in [1.807, 2.05) is 43.5 Å². The summed E-state index contributed by atoms with van der Waals surface area (Å²) in [5, 5.41) is 0.968. The number of aromatic nitrogens is 1. The molecule has 0 radical (unpaired) electrons. The summed E-state index contributed by atoms with van der Waals surface area (Å²) >= 11 is 0. The number of aryl methyl sites for hydroxylation is 3. The van der Waals surface area contributed by atoms with Crippen LogP contribution in [0.3, 0.4) is 0 Å². The lowest BCUT2D eigenvalue weighted by atomic mass is 10.0. The molecule has 4 aromatic rings. The summed E-state index contributed by atoms with van der Waals surface area (Å²) in [6.07, 6.45) is 3.76. The molecule has 2 heterocycles. The smallest absolute Gasteiger partial charge is 0.343 e. The standard InChI is InChI=1S/C29H25NO5/c1-5-30-16-20(23-14-21(33-4)10-11-24(23)30)13-26-28(31)27-18(3)12-22(15-25(27)35-26)34-29(32)19-8-6-17(2)7-9-19/h6-16H,5H2,1-4H3/b26-13-. The number of allylic oxidation sites excluding steroid dienone is 1. The Labute approximate surface area is 203 Å². The zero-order valence-corrected chi connectivity index (χ0v) is 20.0. The molecule has 1 aromatic heterocycles. The van der Waals surface area contributed by atoms with Crippen molar-refractivity contribution >= 4 is 28.7 Å². The molecule has 5 rings (SSSR count). The van der Waals surface area contributed by atoms with E-state index in [9.17, 15) is 9.59 Å². The first-order valence-corrected chi connectivity index (χ1v) is 11.4. The Morgan fingerprint density at radius 2 is 1.80 bits per heavy atom.